The second-order valence-electron chi connectivity index (χ2n) is 4.73. The van der Waals surface area contributed by atoms with Gasteiger partial charge < -0.3 is 5.32 Å². The second kappa shape index (κ2) is 5.77. The molecule has 2 rings (SSSR count). The Balaban J connectivity index is 1.90. The van der Waals surface area contributed by atoms with Gasteiger partial charge in [0.05, 0.1) is 5.25 Å². The van der Waals surface area contributed by atoms with Crippen LogP contribution in [-0.2, 0) is 20.8 Å². The van der Waals surface area contributed by atoms with Crippen molar-refractivity contribution in [2.24, 2.45) is 0 Å². The van der Waals surface area contributed by atoms with E-state index in [1.807, 2.05) is 0 Å². The topological polar surface area (TPSA) is 75.3 Å². The SMILES string of the molecule is O=S1CCC(NS(=O)(=O)C2CCNCC2)CC1. The Labute approximate surface area is 105 Å². The van der Waals surface area contributed by atoms with E-state index in [1.54, 1.807) is 0 Å². The lowest BCUT2D eigenvalue weighted by molar-refractivity contribution is 0.472. The van der Waals surface area contributed by atoms with Crippen LogP contribution < -0.4 is 10.0 Å². The summed E-state index contributed by atoms with van der Waals surface area (Å²) in [7, 11) is -3.93. The number of sulfonamides is 1. The fourth-order valence-electron chi connectivity index (χ4n) is 2.35. The van der Waals surface area contributed by atoms with E-state index < -0.39 is 20.8 Å². The molecule has 2 aliphatic heterocycles. The summed E-state index contributed by atoms with van der Waals surface area (Å²) in [5, 5.41) is 2.91. The van der Waals surface area contributed by atoms with Gasteiger partial charge in [0.2, 0.25) is 10.0 Å². The molecular weight excluding hydrogens is 260 g/mol. The summed E-state index contributed by atoms with van der Waals surface area (Å²) in [5.74, 6) is 1.25. The number of hydrogen-bond donors (Lipinski definition) is 2. The Morgan fingerprint density at radius 1 is 1.06 bits per heavy atom. The van der Waals surface area contributed by atoms with E-state index in [1.165, 1.54) is 0 Å². The van der Waals surface area contributed by atoms with E-state index in [9.17, 15) is 12.6 Å². The molecule has 0 aromatic rings. The highest BCUT2D eigenvalue weighted by Crippen LogP contribution is 2.16. The first kappa shape index (κ1) is 13.5. The molecule has 0 bridgehead atoms. The van der Waals surface area contributed by atoms with Crippen molar-refractivity contribution >= 4 is 20.8 Å². The van der Waals surface area contributed by atoms with Gasteiger partial charge in [-0.05, 0) is 38.8 Å². The molecule has 2 aliphatic rings. The number of piperidine rings is 1. The monoisotopic (exact) mass is 280 g/mol. The lowest BCUT2D eigenvalue weighted by Gasteiger charge is -2.27. The lowest BCUT2D eigenvalue weighted by Crippen LogP contribution is -2.47. The Morgan fingerprint density at radius 2 is 1.65 bits per heavy atom. The van der Waals surface area contributed by atoms with Crippen LogP contribution in [0, 0.1) is 0 Å². The summed E-state index contributed by atoms with van der Waals surface area (Å²) in [6, 6.07) is -0.00687. The molecule has 17 heavy (non-hydrogen) atoms. The molecule has 0 spiro atoms. The van der Waals surface area contributed by atoms with Gasteiger partial charge in [0.15, 0.2) is 0 Å². The average molecular weight is 280 g/mol. The normalized spacial score (nSPS) is 32.5. The first-order valence-electron chi connectivity index (χ1n) is 6.15. The first-order valence-corrected chi connectivity index (χ1v) is 9.18. The number of hydrogen-bond acceptors (Lipinski definition) is 4. The van der Waals surface area contributed by atoms with Crippen molar-refractivity contribution in [1.29, 1.82) is 0 Å². The van der Waals surface area contributed by atoms with Crippen molar-refractivity contribution in [2.45, 2.75) is 37.0 Å². The van der Waals surface area contributed by atoms with Crippen LogP contribution in [0.25, 0.3) is 0 Å². The summed E-state index contributed by atoms with van der Waals surface area (Å²) in [4.78, 5) is 0. The fraction of sp³-hybridized carbons (Fsp3) is 1.00. The average Bonchev–Trinajstić information content (AvgIpc) is 2.33. The molecule has 5 nitrogen and oxygen atoms in total. The van der Waals surface area contributed by atoms with E-state index in [-0.39, 0.29) is 11.3 Å². The zero-order valence-electron chi connectivity index (χ0n) is 9.85. The van der Waals surface area contributed by atoms with Crippen molar-refractivity contribution in [2.75, 3.05) is 24.6 Å². The van der Waals surface area contributed by atoms with Gasteiger partial charge in [-0.3, -0.25) is 4.21 Å². The highest BCUT2D eigenvalue weighted by Gasteiger charge is 2.30. The first-order chi connectivity index (χ1) is 8.08. The van der Waals surface area contributed by atoms with Crippen molar-refractivity contribution in [3.63, 3.8) is 0 Å². The molecule has 0 radical (unpaired) electrons. The maximum atomic E-state index is 12.1. The minimum absolute atomic E-state index is 0.00687. The molecular formula is C10H20N2O3S2. The van der Waals surface area contributed by atoms with Crippen LogP contribution in [0.3, 0.4) is 0 Å². The molecule has 2 N–H and O–H groups in total. The Bertz CT molecular complexity index is 367. The predicted octanol–water partition coefficient (Wildman–Crippen LogP) is -0.431. The van der Waals surface area contributed by atoms with E-state index in [0.29, 0.717) is 37.2 Å². The maximum Gasteiger partial charge on any atom is 0.214 e. The molecule has 2 saturated heterocycles. The molecule has 0 unspecified atom stereocenters. The van der Waals surface area contributed by atoms with Gasteiger partial charge in [-0.1, -0.05) is 0 Å². The molecule has 100 valence electrons. The van der Waals surface area contributed by atoms with Crippen LogP contribution in [0.2, 0.25) is 0 Å². The lowest BCUT2D eigenvalue weighted by atomic mass is 10.2. The summed E-state index contributed by atoms with van der Waals surface area (Å²) in [6.07, 6.45) is 2.79. The molecule has 0 aliphatic carbocycles. The number of nitrogens with one attached hydrogen (secondary N) is 2. The Kier molecular flexibility index (Phi) is 4.57. The third-order valence-electron chi connectivity index (χ3n) is 3.44. The van der Waals surface area contributed by atoms with Gasteiger partial charge >= 0.3 is 0 Å². The van der Waals surface area contributed by atoms with Gasteiger partial charge in [0.25, 0.3) is 0 Å². The van der Waals surface area contributed by atoms with E-state index in [0.717, 1.165) is 13.1 Å². The van der Waals surface area contributed by atoms with Crippen LogP contribution in [0.4, 0.5) is 0 Å². The summed E-state index contributed by atoms with van der Waals surface area (Å²) in [5.41, 5.74) is 0. The highest BCUT2D eigenvalue weighted by molar-refractivity contribution is 7.90. The van der Waals surface area contributed by atoms with Crippen molar-refractivity contribution in [3.8, 4) is 0 Å². The van der Waals surface area contributed by atoms with Crippen molar-refractivity contribution in [1.82, 2.24) is 10.0 Å². The van der Waals surface area contributed by atoms with Gasteiger partial charge in [-0.2, -0.15) is 0 Å². The molecule has 0 atom stereocenters. The zero-order chi connectivity index (χ0) is 12.3. The minimum Gasteiger partial charge on any atom is -0.317 e. The summed E-state index contributed by atoms with van der Waals surface area (Å²) >= 11 is 0. The standard InChI is InChI=1S/C10H20N2O3S2/c13-16-7-3-9(4-8-16)12-17(14,15)10-1-5-11-6-2-10/h9-12H,1-8H2. The Hall–Kier alpha value is 0.0200. The summed E-state index contributed by atoms with van der Waals surface area (Å²) < 4.78 is 38.2. The van der Waals surface area contributed by atoms with Gasteiger partial charge in [-0.15, -0.1) is 0 Å². The van der Waals surface area contributed by atoms with Crippen LogP contribution in [0.5, 0.6) is 0 Å². The quantitative estimate of drug-likeness (QED) is 0.735. The molecule has 2 heterocycles. The molecule has 0 saturated carbocycles. The van der Waals surface area contributed by atoms with Crippen LogP contribution in [-0.4, -0.2) is 48.5 Å². The zero-order valence-corrected chi connectivity index (χ0v) is 11.5. The van der Waals surface area contributed by atoms with E-state index in [4.69, 9.17) is 0 Å². The molecule has 0 amide bonds. The van der Waals surface area contributed by atoms with Gasteiger partial charge in [0, 0.05) is 28.3 Å². The van der Waals surface area contributed by atoms with Gasteiger partial charge in [0.1, 0.15) is 0 Å². The molecule has 0 aromatic carbocycles. The third kappa shape index (κ3) is 3.74. The molecule has 2 fully saturated rings. The van der Waals surface area contributed by atoms with Gasteiger partial charge in [-0.25, -0.2) is 13.1 Å². The van der Waals surface area contributed by atoms with Crippen molar-refractivity contribution in [3.05, 3.63) is 0 Å². The Morgan fingerprint density at radius 3 is 2.24 bits per heavy atom. The maximum absolute atomic E-state index is 12.1. The summed E-state index contributed by atoms with van der Waals surface area (Å²) in [6.45, 7) is 1.56. The van der Waals surface area contributed by atoms with Crippen molar-refractivity contribution < 1.29 is 12.6 Å². The molecule has 7 heteroatoms. The van der Waals surface area contributed by atoms with Crippen LogP contribution >= 0.6 is 0 Å². The number of rotatable bonds is 3. The van der Waals surface area contributed by atoms with E-state index in [2.05, 4.69) is 10.0 Å². The minimum atomic E-state index is -3.19. The highest BCUT2D eigenvalue weighted by atomic mass is 32.2. The van der Waals surface area contributed by atoms with E-state index >= 15 is 0 Å². The van der Waals surface area contributed by atoms with Crippen LogP contribution in [0.15, 0.2) is 0 Å². The third-order valence-corrected chi connectivity index (χ3v) is 6.84. The molecule has 0 aromatic heterocycles. The second-order valence-corrected chi connectivity index (χ2v) is 8.42. The smallest absolute Gasteiger partial charge is 0.214 e. The van der Waals surface area contributed by atoms with Crippen LogP contribution in [0.1, 0.15) is 25.7 Å². The largest absolute Gasteiger partial charge is 0.317 e. The predicted molar refractivity (Wildman–Crippen MR) is 68.8 cm³/mol. The fourth-order valence-corrected chi connectivity index (χ4v) is 5.39.